The number of hydrogen-bond acceptors (Lipinski definition) is 1. The van der Waals surface area contributed by atoms with Gasteiger partial charge in [-0.1, -0.05) is 69.7 Å². The lowest BCUT2D eigenvalue weighted by Gasteiger charge is -2.43. The van der Waals surface area contributed by atoms with Gasteiger partial charge in [-0.05, 0) is 52.8 Å². The molecule has 0 heterocycles. The molecule has 2 nitrogen and oxygen atoms in total. The summed E-state index contributed by atoms with van der Waals surface area (Å²) in [4.78, 5) is 0. The molecule has 0 spiro atoms. The van der Waals surface area contributed by atoms with Gasteiger partial charge in [0.25, 0.3) is 0 Å². The summed E-state index contributed by atoms with van der Waals surface area (Å²) in [5, 5.41) is 8.29. The summed E-state index contributed by atoms with van der Waals surface area (Å²) in [5.41, 5.74) is 13.2. The largest absolute Gasteiger partial charge is 0.384 e. The maximum absolute atomic E-state index is 8.29. The van der Waals surface area contributed by atoms with E-state index in [1.54, 1.807) is 0 Å². The third kappa shape index (κ3) is 2.64. The fourth-order valence-corrected chi connectivity index (χ4v) is 4.01. The maximum Gasteiger partial charge on any atom is 0.123 e. The molecule has 0 aliphatic heterocycles. The van der Waals surface area contributed by atoms with Crippen molar-refractivity contribution in [3.8, 4) is 11.1 Å². The van der Waals surface area contributed by atoms with Crippen LogP contribution in [0.1, 0.15) is 62.8 Å². The van der Waals surface area contributed by atoms with Gasteiger partial charge in [-0.3, -0.25) is 5.41 Å². The molecular formula is C22H28N2. The zero-order chi connectivity index (χ0) is 17.7. The van der Waals surface area contributed by atoms with E-state index in [1.165, 1.54) is 16.7 Å². The van der Waals surface area contributed by atoms with Crippen LogP contribution in [0.25, 0.3) is 11.1 Å². The first kappa shape index (κ1) is 16.8. The zero-order valence-corrected chi connectivity index (χ0v) is 15.5. The van der Waals surface area contributed by atoms with Crippen LogP contribution in [0.15, 0.2) is 36.4 Å². The molecule has 2 aromatic rings. The molecular weight excluding hydrogens is 292 g/mol. The summed E-state index contributed by atoms with van der Waals surface area (Å²) >= 11 is 0. The lowest BCUT2D eigenvalue weighted by molar-refractivity contribution is 0.331. The summed E-state index contributed by atoms with van der Waals surface area (Å²) in [5.74, 6) is 0.174. The molecule has 126 valence electrons. The van der Waals surface area contributed by atoms with Crippen LogP contribution >= 0.6 is 0 Å². The molecule has 2 heteroatoms. The predicted molar refractivity (Wildman–Crippen MR) is 103 cm³/mol. The monoisotopic (exact) mass is 320 g/mol. The molecule has 0 bridgehead atoms. The van der Waals surface area contributed by atoms with Crippen LogP contribution < -0.4 is 5.73 Å². The van der Waals surface area contributed by atoms with Gasteiger partial charge in [-0.2, -0.15) is 0 Å². The number of aryl methyl sites for hydroxylation is 1. The van der Waals surface area contributed by atoms with E-state index in [1.807, 2.05) is 0 Å². The van der Waals surface area contributed by atoms with E-state index in [0.29, 0.717) is 0 Å². The van der Waals surface area contributed by atoms with Crippen molar-refractivity contribution in [2.45, 2.75) is 58.3 Å². The topological polar surface area (TPSA) is 49.9 Å². The Kier molecular flexibility index (Phi) is 3.82. The Balaban J connectivity index is 2.35. The number of rotatable bonds is 2. The fourth-order valence-electron chi connectivity index (χ4n) is 4.01. The van der Waals surface area contributed by atoms with E-state index in [2.05, 4.69) is 71.0 Å². The molecule has 0 saturated heterocycles. The van der Waals surface area contributed by atoms with Gasteiger partial charge in [0, 0.05) is 5.56 Å². The summed E-state index contributed by atoms with van der Waals surface area (Å²) in [6, 6.07) is 12.9. The van der Waals surface area contributed by atoms with Gasteiger partial charge in [0.15, 0.2) is 0 Å². The number of benzene rings is 2. The number of nitrogens with one attached hydrogen (secondary N) is 1. The Morgan fingerprint density at radius 2 is 1.50 bits per heavy atom. The van der Waals surface area contributed by atoms with Crippen LogP contribution in [-0.2, 0) is 10.8 Å². The molecule has 0 amide bonds. The van der Waals surface area contributed by atoms with Crippen molar-refractivity contribution < 1.29 is 0 Å². The van der Waals surface area contributed by atoms with Crippen molar-refractivity contribution in [1.29, 1.82) is 5.41 Å². The van der Waals surface area contributed by atoms with Crippen molar-refractivity contribution in [2.75, 3.05) is 0 Å². The van der Waals surface area contributed by atoms with E-state index in [9.17, 15) is 0 Å². The predicted octanol–water partition coefficient (Wildman–Crippen LogP) is 5.30. The Labute approximate surface area is 145 Å². The van der Waals surface area contributed by atoms with Gasteiger partial charge in [0.1, 0.15) is 5.84 Å². The number of amidine groups is 1. The van der Waals surface area contributed by atoms with Crippen LogP contribution in [0.4, 0.5) is 0 Å². The molecule has 1 aliphatic rings. The van der Waals surface area contributed by atoms with Crippen LogP contribution in [0.2, 0.25) is 0 Å². The lowest BCUT2D eigenvalue weighted by Crippen LogP contribution is -2.36. The number of fused-ring (bicyclic) bond motifs is 1. The molecule has 1 aliphatic carbocycles. The Bertz CT molecular complexity index is 795. The molecule has 24 heavy (non-hydrogen) atoms. The molecule has 0 aromatic heterocycles. The summed E-state index contributed by atoms with van der Waals surface area (Å²) in [6.07, 6.45) is 2.28. The SMILES string of the molecule is Cc1ccc(-c2ccc3c(c2C(=N)N)C(C)(C)CCC3(C)C)cc1. The second-order valence-electron chi connectivity index (χ2n) is 8.46. The summed E-state index contributed by atoms with van der Waals surface area (Å²) < 4.78 is 0. The second-order valence-corrected chi connectivity index (χ2v) is 8.46. The summed E-state index contributed by atoms with van der Waals surface area (Å²) in [6.45, 7) is 11.3. The fraction of sp³-hybridized carbons (Fsp3) is 0.409. The van der Waals surface area contributed by atoms with E-state index in [-0.39, 0.29) is 16.7 Å². The highest BCUT2D eigenvalue weighted by Gasteiger charge is 2.39. The van der Waals surface area contributed by atoms with E-state index in [0.717, 1.165) is 29.5 Å². The maximum atomic E-state index is 8.29. The van der Waals surface area contributed by atoms with Crippen molar-refractivity contribution in [3.05, 3.63) is 58.7 Å². The standard InChI is InChI=1S/C22H28N2/c1-14-6-8-15(9-7-14)16-10-11-17-19(18(16)20(23)24)22(4,5)13-12-21(17,2)3/h6-11H,12-13H2,1-5H3,(H3,23,24). The van der Waals surface area contributed by atoms with Gasteiger partial charge in [0.05, 0.1) is 0 Å². The number of nitrogen functional groups attached to an aromatic ring is 1. The first-order valence-corrected chi connectivity index (χ1v) is 8.73. The Morgan fingerprint density at radius 1 is 0.917 bits per heavy atom. The van der Waals surface area contributed by atoms with E-state index >= 15 is 0 Å². The highest BCUT2D eigenvalue weighted by atomic mass is 14.7. The van der Waals surface area contributed by atoms with Crippen LogP contribution in [0.3, 0.4) is 0 Å². The molecule has 2 aromatic carbocycles. The molecule has 3 rings (SSSR count). The van der Waals surface area contributed by atoms with Gasteiger partial charge in [-0.15, -0.1) is 0 Å². The van der Waals surface area contributed by atoms with Crippen molar-refractivity contribution in [1.82, 2.24) is 0 Å². The highest BCUT2D eigenvalue weighted by Crippen LogP contribution is 2.48. The van der Waals surface area contributed by atoms with Gasteiger partial charge in [0.2, 0.25) is 0 Å². The molecule has 0 atom stereocenters. The van der Waals surface area contributed by atoms with Gasteiger partial charge >= 0.3 is 0 Å². The number of hydrogen-bond donors (Lipinski definition) is 2. The third-order valence-electron chi connectivity index (χ3n) is 5.62. The quantitative estimate of drug-likeness (QED) is 0.573. The molecule has 0 saturated carbocycles. The summed E-state index contributed by atoms with van der Waals surface area (Å²) in [7, 11) is 0. The third-order valence-corrected chi connectivity index (χ3v) is 5.62. The smallest absolute Gasteiger partial charge is 0.123 e. The minimum atomic E-state index is 0.0343. The molecule has 0 radical (unpaired) electrons. The van der Waals surface area contributed by atoms with Crippen molar-refractivity contribution in [2.24, 2.45) is 5.73 Å². The molecule has 0 unspecified atom stereocenters. The van der Waals surface area contributed by atoms with Gasteiger partial charge in [-0.25, -0.2) is 0 Å². The zero-order valence-electron chi connectivity index (χ0n) is 15.5. The lowest BCUT2D eigenvalue weighted by atomic mass is 9.61. The van der Waals surface area contributed by atoms with Crippen molar-refractivity contribution in [3.63, 3.8) is 0 Å². The highest BCUT2D eigenvalue weighted by molar-refractivity contribution is 6.03. The first-order chi connectivity index (χ1) is 11.1. The molecule has 0 fully saturated rings. The second kappa shape index (κ2) is 5.47. The average molecular weight is 320 g/mol. The normalized spacial score (nSPS) is 18.0. The Hall–Kier alpha value is -2.09. The van der Waals surface area contributed by atoms with Crippen LogP contribution in [0, 0.1) is 12.3 Å². The van der Waals surface area contributed by atoms with Gasteiger partial charge < -0.3 is 5.73 Å². The Morgan fingerprint density at radius 3 is 2.08 bits per heavy atom. The minimum Gasteiger partial charge on any atom is -0.384 e. The van der Waals surface area contributed by atoms with Crippen LogP contribution in [0.5, 0.6) is 0 Å². The van der Waals surface area contributed by atoms with Crippen LogP contribution in [-0.4, -0.2) is 5.84 Å². The minimum absolute atomic E-state index is 0.0343. The van der Waals surface area contributed by atoms with Crippen molar-refractivity contribution >= 4 is 5.84 Å². The van der Waals surface area contributed by atoms with E-state index in [4.69, 9.17) is 11.1 Å². The number of nitrogens with two attached hydrogens (primary N) is 1. The molecule has 3 N–H and O–H groups in total. The average Bonchev–Trinajstić information content (AvgIpc) is 2.51. The first-order valence-electron chi connectivity index (χ1n) is 8.73. The van der Waals surface area contributed by atoms with E-state index < -0.39 is 0 Å².